The van der Waals surface area contributed by atoms with E-state index in [1.165, 1.54) is 4.90 Å². The third-order valence-corrected chi connectivity index (χ3v) is 6.82. The van der Waals surface area contributed by atoms with Gasteiger partial charge < -0.3 is 19.5 Å². The normalized spacial score (nSPS) is 17.5. The Morgan fingerprint density at radius 3 is 2.33 bits per heavy atom. The number of hydrogen-bond acceptors (Lipinski definition) is 6. The number of halogens is 4. The van der Waals surface area contributed by atoms with Crippen molar-refractivity contribution in [2.24, 2.45) is 0 Å². The number of hydrogen-bond donors (Lipinski definition) is 1. The molecule has 0 aliphatic carbocycles. The molecule has 0 unspecified atom stereocenters. The molecule has 1 aromatic heterocycles. The maximum Gasteiger partial charge on any atom is 0.435 e. The standard InChI is InChI=1S/C27H33F3N4O5.ClH/c1-17(2)34-22-20(25(36)37)15-33(16-26(3,4)21(22)23(31-34)27(28,29)30)24(35)18-5-7-19(8-6-18)39-14-11-32-9-12-38-13-10-32;/h5-8,15,17H,9-14,16H2,1-4H3,(H,36,37);1H. The molecule has 0 spiro atoms. The first-order valence-corrected chi connectivity index (χ1v) is 12.8. The van der Waals surface area contributed by atoms with Crippen LogP contribution in [0, 0.1) is 0 Å². The highest BCUT2D eigenvalue weighted by Gasteiger charge is 2.47. The maximum absolute atomic E-state index is 14.1. The Labute approximate surface area is 236 Å². The Balaban J connectivity index is 0.00000441. The number of aromatic nitrogens is 2. The van der Waals surface area contributed by atoms with Crippen LogP contribution < -0.4 is 4.74 Å². The van der Waals surface area contributed by atoms with Gasteiger partial charge in [-0.25, -0.2) is 4.79 Å². The molecular formula is C27H34ClF3N4O5. The lowest BCUT2D eigenvalue weighted by atomic mass is 9.81. The zero-order valence-electron chi connectivity index (χ0n) is 22.8. The second-order valence-electron chi connectivity index (χ2n) is 10.6. The Hall–Kier alpha value is -3.09. The summed E-state index contributed by atoms with van der Waals surface area (Å²) in [6.45, 7) is 10.5. The molecular weight excluding hydrogens is 553 g/mol. The predicted octanol–water partition coefficient (Wildman–Crippen LogP) is 4.47. The average Bonchev–Trinajstić information content (AvgIpc) is 3.24. The van der Waals surface area contributed by atoms with Gasteiger partial charge in [-0.15, -0.1) is 12.4 Å². The van der Waals surface area contributed by atoms with Crippen LogP contribution in [0.2, 0.25) is 0 Å². The van der Waals surface area contributed by atoms with Crippen molar-refractivity contribution < 1.29 is 37.3 Å². The van der Waals surface area contributed by atoms with Gasteiger partial charge in [0, 0.05) is 55.0 Å². The summed E-state index contributed by atoms with van der Waals surface area (Å²) in [4.78, 5) is 29.2. The molecule has 2 aliphatic heterocycles. The minimum atomic E-state index is -4.80. The van der Waals surface area contributed by atoms with E-state index in [-0.39, 0.29) is 35.8 Å². The number of nitrogens with zero attached hydrogens (tertiary/aromatic N) is 4. The molecule has 13 heteroatoms. The molecule has 3 heterocycles. The minimum Gasteiger partial charge on any atom is -0.492 e. The van der Waals surface area contributed by atoms with Gasteiger partial charge in [0.25, 0.3) is 5.91 Å². The number of rotatable bonds is 7. The molecule has 40 heavy (non-hydrogen) atoms. The third-order valence-electron chi connectivity index (χ3n) is 6.82. The van der Waals surface area contributed by atoms with Crippen molar-refractivity contribution in [1.82, 2.24) is 19.6 Å². The summed E-state index contributed by atoms with van der Waals surface area (Å²) in [5.74, 6) is -1.42. The number of carboxylic acids is 1. The van der Waals surface area contributed by atoms with Crippen molar-refractivity contribution in [3.63, 3.8) is 0 Å². The first-order chi connectivity index (χ1) is 18.3. The number of carbonyl (C=O) groups is 2. The Morgan fingerprint density at radius 2 is 1.77 bits per heavy atom. The molecule has 1 amide bonds. The van der Waals surface area contributed by atoms with Crippen molar-refractivity contribution in [1.29, 1.82) is 0 Å². The largest absolute Gasteiger partial charge is 0.492 e. The molecule has 0 bridgehead atoms. The van der Waals surface area contributed by atoms with Crippen molar-refractivity contribution in [3.8, 4) is 5.75 Å². The summed E-state index contributed by atoms with van der Waals surface area (Å²) in [6.07, 6.45) is -3.69. The summed E-state index contributed by atoms with van der Waals surface area (Å²) in [7, 11) is 0. The molecule has 0 radical (unpaired) electrons. The highest BCUT2D eigenvalue weighted by Crippen LogP contribution is 2.44. The van der Waals surface area contributed by atoms with Crippen LogP contribution in [-0.2, 0) is 21.1 Å². The van der Waals surface area contributed by atoms with Crippen molar-refractivity contribution >= 4 is 29.9 Å². The average molecular weight is 587 g/mol. The second-order valence-corrected chi connectivity index (χ2v) is 10.6. The minimum absolute atomic E-state index is 0. The van der Waals surface area contributed by atoms with Crippen molar-refractivity contribution in [3.05, 3.63) is 53.0 Å². The van der Waals surface area contributed by atoms with E-state index in [1.807, 2.05) is 0 Å². The van der Waals surface area contributed by atoms with Gasteiger partial charge in [0.2, 0.25) is 0 Å². The van der Waals surface area contributed by atoms with E-state index in [2.05, 4.69) is 10.00 Å². The van der Waals surface area contributed by atoms with Crippen LogP contribution in [-0.4, -0.2) is 82.6 Å². The Morgan fingerprint density at radius 1 is 1.15 bits per heavy atom. The van der Waals surface area contributed by atoms with E-state index in [1.54, 1.807) is 52.0 Å². The quantitative estimate of drug-likeness (QED) is 0.511. The lowest BCUT2D eigenvalue weighted by Crippen LogP contribution is -2.38. The smallest absolute Gasteiger partial charge is 0.435 e. The van der Waals surface area contributed by atoms with Crippen molar-refractivity contribution in [2.75, 3.05) is 46.0 Å². The molecule has 2 aromatic rings. The number of ether oxygens (including phenoxy) is 2. The number of fused-ring (bicyclic) bond motifs is 1. The number of carbonyl (C=O) groups excluding carboxylic acids is 1. The molecule has 1 N–H and O–H groups in total. The van der Waals surface area contributed by atoms with Crippen LogP contribution in [0.4, 0.5) is 13.2 Å². The van der Waals surface area contributed by atoms with Crippen LogP contribution in [0.3, 0.4) is 0 Å². The van der Waals surface area contributed by atoms with E-state index in [0.717, 1.165) is 30.5 Å². The second kappa shape index (κ2) is 12.2. The van der Waals surface area contributed by atoms with E-state index in [4.69, 9.17) is 9.47 Å². The van der Waals surface area contributed by atoms with Gasteiger partial charge in [-0.05, 0) is 38.1 Å². The van der Waals surface area contributed by atoms with Gasteiger partial charge in [0.1, 0.15) is 17.9 Å². The fourth-order valence-electron chi connectivity index (χ4n) is 4.94. The SMILES string of the molecule is CC(C)n1nc(C(F)(F)F)c2c1C(C(=O)O)=CN(C(=O)c1ccc(OCCN3CCOCC3)cc1)CC2(C)C.Cl. The van der Waals surface area contributed by atoms with E-state index < -0.39 is 40.8 Å². The summed E-state index contributed by atoms with van der Waals surface area (Å²) in [5.41, 5.74) is -2.97. The Bertz CT molecular complexity index is 1250. The molecule has 0 saturated carbocycles. The van der Waals surface area contributed by atoms with Crippen molar-refractivity contribution in [2.45, 2.75) is 45.3 Å². The molecule has 9 nitrogen and oxygen atoms in total. The molecule has 2 aliphatic rings. The zero-order valence-corrected chi connectivity index (χ0v) is 23.6. The lowest BCUT2D eigenvalue weighted by molar-refractivity contribution is -0.142. The molecule has 4 rings (SSSR count). The molecule has 0 atom stereocenters. The monoisotopic (exact) mass is 586 g/mol. The molecule has 1 fully saturated rings. The number of benzene rings is 1. The molecule has 1 aromatic carbocycles. The summed E-state index contributed by atoms with van der Waals surface area (Å²) in [5, 5.41) is 13.8. The number of morpholine rings is 1. The number of alkyl halides is 3. The lowest BCUT2D eigenvalue weighted by Gasteiger charge is -2.30. The highest BCUT2D eigenvalue weighted by molar-refractivity contribution is 6.16. The van der Waals surface area contributed by atoms with E-state index in [0.29, 0.717) is 25.6 Å². The topological polar surface area (TPSA) is 97.1 Å². The van der Waals surface area contributed by atoms with Crippen LogP contribution in [0.1, 0.15) is 61.0 Å². The van der Waals surface area contributed by atoms with Gasteiger partial charge in [0.05, 0.1) is 18.9 Å². The van der Waals surface area contributed by atoms with Crippen LogP contribution in [0.25, 0.3) is 5.57 Å². The van der Waals surface area contributed by atoms with E-state index in [9.17, 15) is 27.9 Å². The Kier molecular flexibility index (Phi) is 9.58. The first-order valence-electron chi connectivity index (χ1n) is 12.8. The van der Waals surface area contributed by atoms with Gasteiger partial charge >= 0.3 is 12.1 Å². The fraction of sp³-hybridized carbons (Fsp3) is 0.519. The van der Waals surface area contributed by atoms with Gasteiger partial charge in [-0.1, -0.05) is 13.8 Å². The zero-order chi connectivity index (χ0) is 28.5. The highest BCUT2D eigenvalue weighted by atomic mass is 35.5. The maximum atomic E-state index is 14.1. The van der Waals surface area contributed by atoms with Gasteiger partial charge in [-0.2, -0.15) is 18.3 Å². The molecule has 1 saturated heterocycles. The predicted molar refractivity (Wildman–Crippen MR) is 144 cm³/mol. The fourth-order valence-corrected chi connectivity index (χ4v) is 4.94. The number of amides is 1. The van der Waals surface area contributed by atoms with Crippen LogP contribution >= 0.6 is 12.4 Å². The first kappa shape index (κ1) is 31.4. The number of carboxylic acid groups (broad SMARTS) is 1. The van der Waals surface area contributed by atoms with E-state index >= 15 is 0 Å². The third kappa shape index (κ3) is 6.61. The summed E-state index contributed by atoms with van der Waals surface area (Å²) >= 11 is 0. The van der Waals surface area contributed by atoms with Gasteiger partial charge in [-0.3, -0.25) is 14.4 Å². The number of aliphatic carboxylic acids is 1. The summed E-state index contributed by atoms with van der Waals surface area (Å²) < 4.78 is 54.4. The molecule has 220 valence electrons. The van der Waals surface area contributed by atoms with Crippen LogP contribution in [0.5, 0.6) is 5.75 Å². The van der Waals surface area contributed by atoms with Gasteiger partial charge in [0.15, 0.2) is 5.69 Å². The van der Waals surface area contributed by atoms with Crippen LogP contribution in [0.15, 0.2) is 30.5 Å². The summed E-state index contributed by atoms with van der Waals surface area (Å²) in [6, 6.07) is 5.85.